The van der Waals surface area contributed by atoms with Crippen molar-refractivity contribution in [3.63, 3.8) is 0 Å². The summed E-state index contributed by atoms with van der Waals surface area (Å²) in [4.78, 5) is 0. The Morgan fingerprint density at radius 2 is 2.11 bits per heavy atom. The van der Waals surface area contributed by atoms with Crippen molar-refractivity contribution in [3.05, 3.63) is 34.6 Å². The maximum Gasteiger partial charge on any atom is 0.142 e. The molecule has 0 heterocycles. The molecule has 0 aromatic heterocycles. The third kappa shape index (κ3) is 5.09. The van der Waals surface area contributed by atoms with Gasteiger partial charge in [0.1, 0.15) is 5.82 Å². The second kappa shape index (κ2) is 8.51. The van der Waals surface area contributed by atoms with Gasteiger partial charge >= 0.3 is 0 Å². The van der Waals surface area contributed by atoms with Crippen molar-refractivity contribution in [1.29, 1.82) is 0 Å². The highest BCUT2D eigenvalue weighted by atomic mass is 35.5. The number of rotatable bonds is 8. The minimum atomic E-state index is -0.362. The highest BCUT2D eigenvalue weighted by molar-refractivity contribution is 6.30. The first-order chi connectivity index (χ1) is 9.12. The zero-order valence-corrected chi connectivity index (χ0v) is 12.6. The Kier molecular flexibility index (Phi) is 7.36. The lowest BCUT2D eigenvalue weighted by atomic mass is 9.99. The van der Waals surface area contributed by atoms with E-state index in [9.17, 15) is 4.39 Å². The van der Waals surface area contributed by atoms with E-state index in [-0.39, 0.29) is 23.0 Å². The topological polar surface area (TPSA) is 21.3 Å². The fourth-order valence-electron chi connectivity index (χ4n) is 2.20. The van der Waals surface area contributed by atoms with E-state index in [4.69, 9.17) is 16.3 Å². The van der Waals surface area contributed by atoms with E-state index in [1.807, 2.05) is 6.07 Å². The van der Waals surface area contributed by atoms with Crippen LogP contribution in [-0.4, -0.2) is 25.8 Å². The highest BCUT2D eigenvalue weighted by Gasteiger charge is 2.19. The van der Waals surface area contributed by atoms with Gasteiger partial charge in [0.05, 0.1) is 11.1 Å². The molecule has 1 aromatic rings. The van der Waals surface area contributed by atoms with E-state index in [0.29, 0.717) is 0 Å². The Labute approximate surface area is 120 Å². The standard InChI is InChI=1S/C15H23ClFNO/c1-4-8-18-14(15(5-2)19-3)10-11-6-7-12(16)13(17)9-11/h6-7,9,14-15,18H,4-5,8,10H2,1-3H3. The molecular formula is C15H23ClFNO. The van der Waals surface area contributed by atoms with Crippen molar-refractivity contribution in [2.24, 2.45) is 0 Å². The van der Waals surface area contributed by atoms with Crippen LogP contribution in [0.3, 0.4) is 0 Å². The summed E-state index contributed by atoms with van der Waals surface area (Å²) in [5, 5.41) is 3.64. The first kappa shape index (κ1) is 16.4. The number of benzene rings is 1. The monoisotopic (exact) mass is 287 g/mol. The normalized spacial score (nSPS) is 14.4. The molecule has 0 saturated heterocycles. The maximum absolute atomic E-state index is 13.5. The molecule has 1 N–H and O–H groups in total. The second-order valence-electron chi connectivity index (χ2n) is 4.70. The summed E-state index contributed by atoms with van der Waals surface area (Å²) in [6.45, 7) is 5.15. The molecule has 1 rings (SSSR count). The Bertz CT molecular complexity index is 382. The molecule has 0 saturated carbocycles. The minimum absolute atomic E-state index is 0.130. The highest BCUT2D eigenvalue weighted by Crippen LogP contribution is 2.18. The summed E-state index contributed by atoms with van der Waals surface area (Å²) in [6, 6.07) is 5.17. The average molecular weight is 288 g/mol. The molecule has 1 aromatic carbocycles. The quantitative estimate of drug-likeness (QED) is 0.785. The van der Waals surface area contributed by atoms with Crippen LogP contribution in [0.5, 0.6) is 0 Å². The molecule has 0 aliphatic heterocycles. The molecule has 4 heteroatoms. The van der Waals surface area contributed by atoms with Crippen LogP contribution in [0.2, 0.25) is 5.02 Å². The summed E-state index contributed by atoms with van der Waals surface area (Å²) in [6.07, 6.45) is 2.85. The Hall–Kier alpha value is -0.640. The van der Waals surface area contributed by atoms with Crippen LogP contribution in [0.1, 0.15) is 32.3 Å². The number of ether oxygens (including phenoxy) is 1. The average Bonchev–Trinajstić information content (AvgIpc) is 2.41. The molecule has 0 aliphatic rings. The number of hydrogen-bond acceptors (Lipinski definition) is 2. The van der Waals surface area contributed by atoms with Crippen molar-refractivity contribution >= 4 is 11.6 Å². The predicted molar refractivity (Wildman–Crippen MR) is 78.3 cm³/mol. The molecule has 108 valence electrons. The van der Waals surface area contributed by atoms with Gasteiger partial charge in [0.15, 0.2) is 0 Å². The fourth-order valence-corrected chi connectivity index (χ4v) is 2.32. The van der Waals surface area contributed by atoms with Gasteiger partial charge in [0, 0.05) is 13.2 Å². The van der Waals surface area contributed by atoms with Crippen molar-refractivity contribution in [1.82, 2.24) is 5.32 Å². The molecule has 0 radical (unpaired) electrons. The van der Waals surface area contributed by atoms with Gasteiger partial charge in [-0.2, -0.15) is 0 Å². The molecule has 2 nitrogen and oxygen atoms in total. The van der Waals surface area contributed by atoms with Gasteiger partial charge in [-0.3, -0.25) is 0 Å². The van der Waals surface area contributed by atoms with Crippen LogP contribution >= 0.6 is 11.6 Å². The van der Waals surface area contributed by atoms with Gasteiger partial charge < -0.3 is 10.1 Å². The molecular weight excluding hydrogens is 265 g/mol. The van der Waals surface area contributed by atoms with Crippen molar-refractivity contribution in [2.75, 3.05) is 13.7 Å². The molecule has 0 aliphatic carbocycles. The van der Waals surface area contributed by atoms with E-state index in [0.717, 1.165) is 31.4 Å². The molecule has 0 bridgehead atoms. The Balaban J connectivity index is 2.77. The third-order valence-electron chi connectivity index (χ3n) is 3.25. The molecule has 19 heavy (non-hydrogen) atoms. The van der Waals surface area contributed by atoms with Gasteiger partial charge in [-0.05, 0) is 43.5 Å². The first-order valence-electron chi connectivity index (χ1n) is 6.82. The lowest BCUT2D eigenvalue weighted by Gasteiger charge is -2.26. The lowest BCUT2D eigenvalue weighted by molar-refractivity contribution is 0.0653. The van der Waals surface area contributed by atoms with Gasteiger partial charge in [-0.1, -0.05) is 31.5 Å². The van der Waals surface area contributed by atoms with E-state index < -0.39 is 0 Å². The third-order valence-corrected chi connectivity index (χ3v) is 3.56. The van der Waals surface area contributed by atoms with Gasteiger partial charge in [-0.25, -0.2) is 4.39 Å². The Morgan fingerprint density at radius 3 is 2.63 bits per heavy atom. The van der Waals surface area contributed by atoms with Crippen molar-refractivity contribution in [3.8, 4) is 0 Å². The summed E-state index contributed by atoms with van der Waals surface area (Å²) < 4.78 is 19.0. The van der Waals surface area contributed by atoms with Gasteiger partial charge in [0.2, 0.25) is 0 Å². The summed E-state index contributed by atoms with van der Waals surface area (Å²) in [5.74, 6) is -0.362. The van der Waals surface area contributed by atoms with Crippen LogP contribution in [0.15, 0.2) is 18.2 Å². The molecule has 0 fully saturated rings. The van der Waals surface area contributed by atoms with Crippen LogP contribution in [-0.2, 0) is 11.2 Å². The second-order valence-corrected chi connectivity index (χ2v) is 5.10. The molecule has 2 unspecified atom stereocenters. The number of hydrogen-bond donors (Lipinski definition) is 1. The molecule has 2 atom stereocenters. The first-order valence-corrected chi connectivity index (χ1v) is 7.20. The zero-order chi connectivity index (χ0) is 14.3. The number of halogens is 2. The number of nitrogens with one attached hydrogen (secondary N) is 1. The summed E-state index contributed by atoms with van der Waals surface area (Å²) in [7, 11) is 1.72. The lowest BCUT2D eigenvalue weighted by Crippen LogP contribution is -2.42. The smallest absolute Gasteiger partial charge is 0.142 e. The van der Waals surface area contributed by atoms with Gasteiger partial charge in [0.25, 0.3) is 0 Å². The van der Waals surface area contributed by atoms with E-state index >= 15 is 0 Å². The number of methoxy groups -OCH3 is 1. The summed E-state index contributed by atoms with van der Waals surface area (Å²) >= 11 is 5.70. The van der Waals surface area contributed by atoms with Crippen LogP contribution < -0.4 is 5.32 Å². The SMILES string of the molecule is CCCNC(Cc1ccc(Cl)c(F)c1)C(CC)OC. The fraction of sp³-hybridized carbons (Fsp3) is 0.600. The van der Waals surface area contributed by atoms with Crippen LogP contribution in [0.4, 0.5) is 4.39 Å². The van der Waals surface area contributed by atoms with Crippen LogP contribution in [0.25, 0.3) is 0 Å². The van der Waals surface area contributed by atoms with E-state index in [2.05, 4.69) is 19.2 Å². The van der Waals surface area contributed by atoms with Crippen LogP contribution in [0, 0.1) is 5.82 Å². The Morgan fingerprint density at radius 1 is 1.37 bits per heavy atom. The van der Waals surface area contributed by atoms with Gasteiger partial charge in [-0.15, -0.1) is 0 Å². The largest absolute Gasteiger partial charge is 0.380 e. The van der Waals surface area contributed by atoms with E-state index in [1.54, 1.807) is 13.2 Å². The summed E-state index contributed by atoms with van der Waals surface area (Å²) in [5.41, 5.74) is 0.936. The van der Waals surface area contributed by atoms with E-state index in [1.165, 1.54) is 6.07 Å². The maximum atomic E-state index is 13.5. The molecule has 0 spiro atoms. The van der Waals surface area contributed by atoms with Crippen molar-refractivity contribution in [2.45, 2.75) is 45.3 Å². The predicted octanol–water partition coefficient (Wildman–Crippen LogP) is 3.81. The van der Waals surface area contributed by atoms with Crippen molar-refractivity contribution < 1.29 is 9.13 Å². The molecule has 0 amide bonds. The zero-order valence-electron chi connectivity index (χ0n) is 11.9. The minimum Gasteiger partial charge on any atom is -0.380 e.